The first-order chi connectivity index (χ1) is 9.30. The highest BCUT2D eigenvalue weighted by atomic mass is 32.2. The number of esters is 1. The summed E-state index contributed by atoms with van der Waals surface area (Å²) in [5, 5.41) is 9.94. The molecule has 1 N–H and O–H groups in total. The van der Waals surface area contributed by atoms with Gasteiger partial charge < -0.3 is 9.84 Å². The Bertz CT molecular complexity index is 426. The van der Waals surface area contributed by atoms with Crippen LogP contribution in [0.25, 0.3) is 0 Å². The molecule has 1 fully saturated rings. The average molecular weight is 308 g/mol. The van der Waals surface area contributed by atoms with Gasteiger partial charge in [0.05, 0.1) is 25.7 Å². The molecule has 0 aromatic rings. The minimum atomic E-state index is -3.68. The van der Waals surface area contributed by atoms with Crippen LogP contribution in [0.1, 0.15) is 32.1 Å². The third-order valence-corrected chi connectivity index (χ3v) is 5.75. The number of carbonyl (C=O) groups is 1. The Morgan fingerprint density at radius 3 is 2.45 bits per heavy atom. The van der Waals surface area contributed by atoms with E-state index in [0.29, 0.717) is 12.8 Å². The normalized spacial score (nSPS) is 24.1. The van der Waals surface area contributed by atoms with Gasteiger partial charge in [-0.05, 0) is 12.8 Å². The lowest BCUT2D eigenvalue weighted by atomic mass is 9.93. The minimum Gasteiger partial charge on any atom is -0.469 e. The van der Waals surface area contributed by atoms with Crippen molar-refractivity contribution in [2.75, 3.05) is 27.7 Å². The van der Waals surface area contributed by atoms with Crippen LogP contribution in [0.4, 0.5) is 0 Å². The van der Waals surface area contributed by atoms with Crippen molar-refractivity contribution in [2.24, 2.45) is 0 Å². The van der Waals surface area contributed by atoms with Gasteiger partial charge in [0.2, 0.25) is 0 Å². The van der Waals surface area contributed by atoms with Crippen LogP contribution in [0.2, 0.25) is 0 Å². The Hall–Kier alpha value is -0.700. The zero-order chi connectivity index (χ0) is 15.3. The summed E-state index contributed by atoms with van der Waals surface area (Å²) >= 11 is 0. The van der Waals surface area contributed by atoms with E-state index < -0.39 is 28.3 Å². The van der Waals surface area contributed by atoms with Crippen molar-refractivity contribution in [1.82, 2.24) is 8.61 Å². The molecule has 0 aromatic heterocycles. The van der Waals surface area contributed by atoms with E-state index in [4.69, 9.17) is 0 Å². The highest BCUT2D eigenvalue weighted by Gasteiger charge is 2.35. The number of hydrogen-bond donors (Lipinski definition) is 1. The molecular weight excluding hydrogens is 284 g/mol. The molecule has 2 atom stereocenters. The quantitative estimate of drug-likeness (QED) is 0.696. The number of methoxy groups -OCH3 is 1. The van der Waals surface area contributed by atoms with Gasteiger partial charge in [-0.3, -0.25) is 4.79 Å². The van der Waals surface area contributed by atoms with Crippen molar-refractivity contribution in [2.45, 2.75) is 44.2 Å². The predicted molar refractivity (Wildman–Crippen MR) is 74.2 cm³/mol. The monoisotopic (exact) mass is 308 g/mol. The zero-order valence-electron chi connectivity index (χ0n) is 12.3. The number of rotatable bonds is 6. The van der Waals surface area contributed by atoms with Crippen LogP contribution in [0.5, 0.6) is 0 Å². The van der Waals surface area contributed by atoms with Crippen LogP contribution < -0.4 is 0 Å². The van der Waals surface area contributed by atoms with E-state index in [9.17, 15) is 18.3 Å². The van der Waals surface area contributed by atoms with Gasteiger partial charge >= 0.3 is 5.97 Å². The molecule has 0 amide bonds. The number of nitrogens with zero attached hydrogens (tertiary/aromatic N) is 2. The fourth-order valence-corrected chi connectivity index (χ4v) is 3.72. The molecule has 2 unspecified atom stereocenters. The van der Waals surface area contributed by atoms with Crippen LogP contribution in [-0.4, -0.2) is 68.0 Å². The molecular formula is C12H24N2O5S. The number of ether oxygens (including phenoxy) is 1. The van der Waals surface area contributed by atoms with Crippen molar-refractivity contribution in [3.63, 3.8) is 0 Å². The van der Waals surface area contributed by atoms with Gasteiger partial charge in [0.25, 0.3) is 10.2 Å². The molecule has 0 aromatic carbocycles. The molecule has 0 spiro atoms. The molecule has 1 aliphatic carbocycles. The molecule has 1 rings (SSSR count). The third kappa shape index (κ3) is 4.15. The van der Waals surface area contributed by atoms with E-state index in [2.05, 4.69) is 4.74 Å². The molecule has 0 aliphatic heterocycles. The lowest BCUT2D eigenvalue weighted by molar-refractivity contribution is -0.140. The Kier molecular flexibility index (Phi) is 6.38. The van der Waals surface area contributed by atoms with Crippen molar-refractivity contribution in [3.05, 3.63) is 0 Å². The highest BCUT2D eigenvalue weighted by Crippen LogP contribution is 2.25. The number of likely N-dealkylation sites (N-methyl/N-ethyl adjacent to an activating group) is 1. The lowest BCUT2D eigenvalue weighted by Crippen LogP contribution is -2.50. The Morgan fingerprint density at radius 2 is 1.90 bits per heavy atom. The standard InChI is InChI=1S/C12H24N2O5S/c1-13(9-8-12(16)19-3)20(17,18)14(2)10-6-4-5-7-11(10)15/h10-11,15H,4-9H2,1-3H3. The van der Waals surface area contributed by atoms with Crippen LogP contribution in [-0.2, 0) is 19.7 Å². The predicted octanol–water partition coefficient (Wildman–Crippen LogP) is -0.0386. The van der Waals surface area contributed by atoms with E-state index in [1.54, 1.807) is 0 Å². The number of hydrogen-bond acceptors (Lipinski definition) is 5. The molecule has 1 aliphatic rings. The second-order valence-corrected chi connectivity index (χ2v) is 7.19. The molecule has 118 valence electrons. The van der Waals surface area contributed by atoms with Gasteiger partial charge in [-0.2, -0.15) is 17.0 Å². The highest BCUT2D eigenvalue weighted by molar-refractivity contribution is 7.86. The van der Waals surface area contributed by atoms with Crippen molar-refractivity contribution in [3.8, 4) is 0 Å². The fourth-order valence-electron chi connectivity index (χ4n) is 2.37. The summed E-state index contributed by atoms with van der Waals surface area (Å²) in [5.41, 5.74) is 0. The summed E-state index contributed by atoms with van der Waals surface area (Å²) in [6.45, 7) is 0.0577. The summed E-state index contributed by atoms with van der Waals surface area (Å²) in [6, 6.07) is -0.394. The van der Waals surface area contributed by atoms with E-state index >= 15 is 0 Å². The Labute approximate surface area is 120 Å². The van der Waals surface area contributed by atoms with Gasteiger partial charge in [0.15, 0.2) is 0 Å². The summed E-state index contributed by atoms with van der Waals surface area (Å²) < 4.78 is 31.6. The van der Waals surface area contributed by atoms with Gasteiger partial charge in [-0.1, -0.05) is 12.8 Å². The molecule has 20 heavy (non-hydrogen) atoms. The largest absolute Gasteiger partial charge is 0.469 e. The first-order valence-corrected chi connectivity index (χ1v) is 8.14. The van der Waals surface area contributed by atoms with Crippen LogP contribution in [0, 0.1) is 0 Å². The smallest absolute Gasteiger partial charge is 0.306 e. The molecule has 0 bridgehead atoms. The van der Waals surface area contributed by atoms with E-state index in [0.717, 1.165) is 17.1 Å². The Balaban J connectivity index is 2.68. The number of aliphatic hydroxyl groups is 1. The van der Waals surface area contributed by atoms with Crippen LogP contribution in [0.3, 0.4) is 0 Å². The van der Waals surface area contributed by atoms with Crippen molar-refractivity contribution >= 4 is 16.2 Å². The van der Waals surface area contributed by atoms with Crippen molar-refractivity contribution in [1.29, 1.82) is 0 Å². The lowest BCUT2D eigenvalue weighted by Gasteiger charge is -2.36. The maximum Gasteiger partial charge on any atom is 0.306 e. The minimum absolute atomic E-state index is 0.00723. The molecule has 0 saturated heterocycles. The fraction of sp³-hybridized carbons (Fsp3) is 0.917. The van der Waals surface area contributed by atoms with Gasteiger partial charge in [0.1, 0.15) is 0 Å². The topological polar surface area (TPSA) is 87.2 Å². The van der Waals surface area contributed by atoms with E-state index in [1.807, 2.05) is 0 Å². The average Bonchev–Trinajstić information content (AvgIpc) is 2.43. The van der Waals surface area contributed by atoms with Gasteiger partial charge in [-0.15, -0.1) is 0 Å². The first-order valence-electron chi connectivity index (χ1n) is 6.75. The number of carbonyl (C=O) groups excluding carboxylic acids is 1. The SMILES string of the molecule is COC(=O)CCN(C)S(=O)(=O)N(C)C1CCCCC1O. The molecule has 0 heterocycles. The van der Waals surface area contributed by atoms with Gasteiger partial charge in [-0.25, -0.2) is 0 Å². The zero-order valence-corrected chi connectivity index (χ0v) is 13.1. The third-order valence-electron chi connectivity index (χ3n) is 3.78. The maximum atomic E-state index is 12.4. The van der Waals surface area contributed by atoms with E-state index in [1.165, 1.54) is 25.5 Å². The van der Waals surface area contributed by atoms with Crippen LogP contribution >= 0.6 is 0 Å². The summed E-state index contributed by atoms with van der Waals surface area (Å²) in [7, 11) is 0.485. The van der Waals surface area contributed by atoms with Crippen LogP contribution in [0.15, 0.2) is 0 Å². The van der Waals surface area contributed by atoms with Gasteiger partial charge in [0, 0.05) is 20.6 Å². The second kappa shape index (κ2) is 7.35. The molecule has 7 nitrogen and oxygen atoms in total. The van der Waals surface area contributed by atoms with E-state index in [-0.39, 0.29) is 13.0 Å². The number of aliphatic hydroxyl groups excluding tert-OH is 1. The first kappa shape index (κ1) is 17.4. The summed E-state index contributed by atoms with van der Waals surface area (Å²) in [5.74, 6) is -0.451. The molecule has 0 radical (unpaired) electrons. The summed E-state index contributed by atoms with van der Waals surface area (Å²) in [6.07, 6.45) is 2.49. The van der Waals surface area contributed by atoms with Crippen molar-refractivity contribution < 1.29 is 23.1 Å². The second-order valence-electron chi connectivity index (χ2n) is 5.09. The Morgan fingerprint density at radius 1 is 1.30 bits per heavy atom. The summed E-state index contributed by atoms with van der Waals surface area (Å²) in [4.78, 5) is 11.1. The maximum absolute atomic E-state index is 12.4. The molecule has 1 saturated carbocycles. The molecule has 8 heteroatoms.